The van der Waals surface area contributed by atoms with Gasteiger partial charge in [0.05, 0.1) is 12.1 Å². The van der Waals surface area contributed by atoms with Gasteiger partial charge in [0.25, 0.3) is 6.47 Å². The average Bonchev–Trinajstić information content (AvgIpc) is 3.21. The SMILES string of the molecule is CCCOc1cc(F)ccc1-c1ccc2c(c1C(OC=O)c1ccc(C)s1)C(C)=CC(C)(C)N2. The highest BCUT2D eigenvalue weighted by molar-refractivity contribution is 7.12. The molecular weight excluding hydrogens is 449 g/mol. The number of hydrogen-bond acceptors (Lipinski definition) is 5. The Bertz CT molecular complexity index is 1240. The van der Waals surface area contributed by atoms with Crippen LogP contribution in [0.15, 0.2) is 48.5 Å². The number of nitrogens with one attached hydrogen (secondary N) is 1. The smallest absolute Gasteiger partial charge is 0.294 e. The summed E-state index contributed by atoms with van der Waals surface area (Å²) in [6.45, 7) is 11.3. The van der Waals surface area contributed by atoms with Crippen LogP contribution in [0.5, 0.6) is 5.75 Å². The standard InChI is InChI=1S/C28H30FNO3S/c1-6-13-32-23-14-19(29)8-9-20(23)21-10-11-22-25(17(2)15-28(4,5)30-22)26(21)27(33-16-31)24-12-7-18(3)34-24/h7-12,14-16,27,30H,6,13H2,1-5H3. The van der Waals surface area contributed by atoms with Crippen LogP contribution in [0.4, 0.5) is 10.1 Å². The zero-order valence-electron chi connectivity index (χ0n) is 20.2. The van der Waals surface area contributed by atoms with Crippen LogP contribution in [0.25, 0.3) is 16.7 Å². The fourth-order valence-corrected chi connectivity index (χ4v) is 5.55. The van der Waals surface area contributed by atoms with Crippen molar-refractivity contribution >= 4 is 29.1 Å². The van der Waals surface area contributed by atoms with E-state index < -0.39 is 6.10 Å². The molecule has 0 fully saturated rings. The predicted octanol–water partition coefficient (Wildman–Crippen LogP) is 7.52. The average molecular weight is 480 g/mol. The Kier molecular flexibility index (Phi) is 6.80. The lowest BCUT2D eigenvalue weighted by atomic mass is 9.82. The van der Waals surface area contributed by atoms with Crippen molar-refractivity contribution in [1.29, 1.82) is 0 Å². The molecule has 0 aliphatic carbocycles. The Labute approximate surface area is 204 Å². The van der Waals surface area contributed by atoms with Gasteiger partial charge < -0.3 is 14.8 Å². The third kappa shape index (κ3) is 4.73. The zero-order valence-corrected chi connectivity index (χ0v) is 21.0. The number of thiophene rings is 1. The van der Waals surface area contributed by atoms with Gasteiger partial charge in [0.2, 0.25) is 0 Å². The molecule has 1 aromatic heterocycles. The van der Waals surface area contributed by atoms with Gasteiger partial charge in [0.1, 0.15) is 11.6 Å². The Hall–Kier alpha value is -3.12. The van der Waals surface area contributed by atoms with Gasteiger partial charge >= 0.3 is 0 Å². The molecule has 178 valence electrons. The highest BCUT2D eigenvalue weighted by Gasteiger charge is 2.32. The topological polar surface area (TPSA) is 47.6 Å². The third-order valence-corrected chi connectivity index (χ3v) is 6.89. The van der Waals surface area contributed by atoms with Crippen molar-refractivity contribution in [3.63, 3.8) is 0 Å². The van der Waals surface area contributed by atoms with Crippen molar-refractivity contribution in [2.45, 2.75) is 52.7 Å². The summed E-state index contributed by atoms with van der Waals surface area (Å²) in [6.07, 6.45) is 2.37. The lowest BCUT2D eigenvalue weighted by Crippen LogP contribution is -2.32. The number of ether oxygens (including phenoxy) is 2. The van der Waals surface area contributed by atoms with Gasteiger partial charge in [-0.15, -0.1) is 11.3 Å². The van der Waals surface area contributed by atoms with Crippen molar-refractivity contribution in [3.05, 3.63) is 75.2 Å². The Balaban J connectivity index is 2.03. The minimum atomic E-state index is -0.614. The van der Waals surface area contributed by atoms with Gasteiger partial charge in [0, 0.05) is 38.2 Å². The summed E-state index contributed by atoms with van der Waals surface area (Å²) < 4.78 is 25.9. The first-order valence-corrected chi connectivity index (χ1v) is 12.3. The molecule has 2 heterocycles. The van der Waals surface area contributed by atoms with Crippen LogP contribution in [0.2, 0.25) is 0 Å². The van der Waals surface area contributed by atoms with E-state index in [4.69, 9.17) is 9.47 Å². The van der Waals surface area contributed by atoms with Gasteiger partial charge in [-0.1, -0.05) is 19.1 Å². The number of carbonyl (C=O) groups is 1. The largest absolute Gasteiger partial charge is 0.493 e. The molecule has 0 bridgehead atoms. The van der Waals surface area contributed by atoms with E-state index in [1.165, 1.54) is 12.1 Å². The first kappa shape index (κ1) is 24.0. The molecule has 0 amide bonds. The van der Waals surface area contributed by atoms with Crippen LogP contribution in [0.1, 0.15) is 61.1 Å². The minimum Gasteiger partial charge on any atom is -0.493 e. The third-order valence-electron chi connectivity index (χ3n) is 5.84. The quantitative estimate of drug-likeness (QED) is 0.339. The Morgan fingerprint density at radius 3 is 2.56 bits per heavy atom. The number of rotatable bonds is 8. The summed E-state index contributed by atoms with van der Waals surface area (Å²) in [5.74, 6) is 0.115. The molecule has 0 radical (unpaired) electrons. The van der Waals surface area contributed by atoms with Gasteiger partial charge in [-0.3, -0.25) is 4.79 Å². The van der Waals surface area contributed by atoms with E-state index in [1.54, 1.807) is 17.4 Å². The first-order chi connectivity index (χ1) is 16.2. The molecule has 2 aromatic carbocycles. The van der Waals surface area contributed by atoms with Crippen molar-refractivity contribution in [2.24, 2.45) is 0 Å². The number of hydrogen-bond donors (Lipinski definition) is 1. The van der Waals surface area contributed by atoms with E-state index in [-0.39, 0.29) is 11.4 Å². The minimum absolute atomic E-state index is 0.221. The normalized spacial score (nSPS) is 15.1. The van der Waals surface area contributed by atoms with Crippen LogP contribution in [0, 0.1) is 12.7 Å². The summed E-state index contributed by atoms with van der Waals surface area (Å²) >= 11 is 1.59. The molecule has 0 saturated heterocycles. The molecule has 6 heteroatoms. The van der Waals surface area contributed by atoms with Crippen LogP contribution < -0.4 is 10.1 Å². The van der Waals surface area contributed by atoms with E-state index in [0.717, 1.165) is 49.7 Å². The lowest BCUT2D eigenvalue weighted by Gasteiger charge is -2.34. The summed E-state index contributed by atoms with van der Waals surface area (Å²) in [4.78, 5) is 13.8. The maximum atomic E-state index is 14.2. The van der Waals surface area contributed by atoms with Crippen LogP contribution >= 0.6 is 11.3 Å². The first-order valence-electron chi connectivity index (χ1n) is 11.5. The van der Waals surface area contributed by atoms with Crippen LogP contribution in [-0.2, 0) is 9.53 Å². The monoisotopic (exact) mass is 479 g/mol. The summed E-state index contributed by atoms with van der Waals surface area (Å²) in [7, 11) is 0. The van der Waals surface area contributed by atoms with Gasteiger partial charge in [-0.25, -0.2) is 4.39 Å². The van der Waals surface area contributed by atoms with E-state index in [2.05, 4.69) is 32.2 Å². The lowest BCUT2D eigenvalue weighted by molar-refractivity contribution is -0.132. The summed E-state index contributed by atoms with van der Waals surface area (Å²) in [5, 5.41) is 3.59. The van der Waals surface area contributed by atoms with E-state index >= 15 is 0 Å². The number of fused-ring (bicyclic) bond motifs is 1. The number of carbonyl (C=O) groups excluding carboxylic acids is 1. The second-order valence-corrected chi connectivity index (χ2v) is 10.5. The van der Waals surface area contributed by atoms with Crippen molar-refractivity contribution < 1.29 is 18.7 Å². The fraction of sp³-hybridized carbons (Fsp3) is 0.321. The molecule has 1 aliphatic heterocycles. The molecular formula is C28H30FNO3S. The van der Waals surface area contributed by atoms with E-state index in [9.17, 15) is 9.18 Å². The number of halogens is 1. The van der Waals surface area contributed by atoms with Gasteiger partial charge in [-0.05, 0) is 75.6 Å². The van der Waals surface area contributed by atoms with E-state index in [0.29, 0.717) is 18.8 Å². The van der Waals surface area contributed by atoms with Crippen molar-refractivity contribution in [3.8, 4) is 16.9 Å². The molecule has 3 aromatic rings. The number of allylic oxidation sites excluding steroid dienone is 1. The summed E-state index contributed by atoms with van der Waals surface area (Å²) in [6, 6.07) is 12.7. The van der Waals surface area contributed by atoms with Crippen molar-refractivity contribution in [2.75, 3.05) is 11.9 Å². The zero-order chi connectivity index (χ0) is 24.5. The second kappa shape index (κ2) is 9.63. The molecule has 4 rings (SSSR count). The van der Waals surface area contributed by atoms with Crippen molar-refractivity contribution in [1.82, 2.24) is 0 Å². The highest BCUT2D eigenvalue weighted by atomic mass is 32.1. The molecule has 0 saturated carbocycles. The van der Waals surface area contributed by atoms with E-state index in [1.807, 2.05) is 38.1 Å². The molecule has 1 aliphatic rings. The summed E-state index contributed by atoms with van der Waals surface area (Å²) in [5.41, 5.74) is 5.28. The van der Waals surface area contributed by atoms with Crippen LogP contribution in [0.3, 0.4) is 0 Å². The molecule has 0 spiro atoms. The van der Waals surface area contributed by atoms with Gasteiger partial charge in [0.15, 0.2) is 6.10 Å². The maximum Gasteiger partial charge on any atom is 0.294 e. The molecule has 1 unspecified atom stereocenters. The number of anilines is 1. The molecule has 4 nitrogen and oxygen atoms in total. The van der Waals surface area contributed by atoms with Crippen LogP contribution in [-0.4, -0.2) is 18.6 Å². The fourth-order valence-electron chi connectivity index (χ4n) is 4.63. The Morgan fingerprint density at radius 2 is 1.88 bits per heavy atom. The number of benzene rings is 2. The molecule has 34 heavy (non-hydrogen) atoms. The second-order valence-electron chi connectivity index (χ2n) is 9.17. The van der Waals surface area contributed by atoms with Gasteiger partial charge in [-0.2, -0.15) is 0 Å². The maximum absolute atomic E-state index is 14.2. The highest BCUT2D eigenvalue weighted by Crippen LogP contribution is 2.47. The molecule has 1 N–H and O–H groups in total. The number of aryl methyl sites for hydroxylation is 1. The molecule has 1 atom stereocenters. The predicted molar refractivity (Wildman–Crippen MR) is 137 cm³/mol. The Morgan fingerprint density at radius 1 is 1.12 bits per heavy atom.